The van der Waals surface area contributed by atoms with Crippen molar-refractivity contribution in [1.82, 2.24) is 0 Å². The maximum absolute atomic E-state index is 9.03. The summed E-state index contributed by atoms with van der Waals surface area (Å²) in [4.78, 5) is 4.48. The molecule has 3 rings (SSSR count). The lowest BCUT2D eigenvalue weighted by molar-refractivity contribution is 1.47. The van der Waals surface area contributed by atoms with Crippen molar-refractivity contribution in [3.63, 3.8) is 0 Å². The highest BCUT2D eigenvalue weighted by Crippen LogP contribution is 2.44. The second kappa shape index (κ2) is 7.12. The Kier molecular flexibility index (Phi) is 5.15. The molecule has 112 valence electrons. The standard InChI is InChI=1S/C16H6Br2N2S3/c17-14-3-1-11(21-14)13-6-10(5-9(7-19)8-20)16(23-13)12-2-4-15(18)22-12/h1-6H. The zero-order chi connectivity index (χ0) is 16.4. The van der Waals surface area contributed by atoms with E-state index in [9.17, 15) is 0 Å². The van der Waals surface area contributed by atoms with E-state index in [1.165, 1.54) is 0 Å². The lowest BCUT2D eigenvalue weighted by Gasteiger charge is -1.94. The average molecular weight is 482 g/mol. The fourth-order valence-corrected chi connectivity index (χ4v) is 6.08. The van der Waals surface area contributed by atoms with Gasteiger partial charge in [-0.1, -0.05) is 0 Å². The van der Waals surface area contributed by atoms with Crippen LogP contribution in [-0.4, -0.2) is 0 Å². The topological polar surface area (TPSA) is 47.6 Å². The molecule has 7 heteroatoms. The van der Waals surface area contributed by atoms with Crippen molar-refractivity contribution in [2.75, 3.05) is 0 Å². The van der Waals surface area contributed by atoms with E-state index in [0.717, 1.165) is 32.6 Å². The number of halogens is 2. The van der Waals surface area contributed by atoms with Crippen molar-refractivity contribution < 1.29 is 0 Å². The number of hydrogen-bond acceptors (Lipinski definition) is 5. The highest BCUT2D eigenvalue weighted by molar-refractivity contribution is 9.11. The summed E-state index contributed by atoms with van der Waals surface area (Å²) < 4.78 is 2.13. The van der Waals surface area contributed by atoms with Gasteiger partial charge in [0, 0.05) is 14.6 Å². The van der Waals surface area contributed by atoms with Gasteiger partial charge in [0.2, 0.25) is 0 Å². The number of rotatable bonds is 3. The van der Waals surface area contributed by atoms with Crippen LogP contribution in [0.1, 0.15) is 5.56 Å². The highest BCUT2D eigenvalue weighted by Gasteiger charge is 2.14. The molecule has 3 aromatic rings. The number of nitrogens with zero attached hydrogens (tertiary/aromatic N) is 2. The Morgan fingerprint density at radius 2 is 1.48 bits per heavy atom. The van der Waals surface area contributed by atoms with Crippen molar-refractivity contribution in [3.8, 4) is 31.6 Å². The zero-order valence-electron chi connectivity index (χ0n) is 11.3. The molecule has 0 radical (unpaired) electrons. The summed E-state index contributed by atoms with van der Waals surface area (Å²) in [5, 5.41) is 18.1. The molecular formula is C16H6Br2N2S3. The van der Waals surface area contributed by atoms with Gasteiger partial charge in [-0.25, -0.2) is 0 Å². The molecule has 0 aliphatic rings. The maximum atomic E-state index is 9.03. The molecule has 0 saturated heterocycles. The Labute approximate surface area is 162 Å². The third kappa shape index (κ3) is 3.65. The fraction of sp³-hybridized carbons (Fsp3) is 0. The SMILES string of the molecule is N#CC(C#N)=Cc1cc(-c2ccc(Br)s2)sc1-c1ccc(Br)s1. The maximum Gasteiger partial charge on any atom is 0.130 e. The summed E-state index contributed by atoms with van der Waals surface area (Å²) in [6.45, 7) is 0. The summed E-state index contributed by atoms with van der Waals surface area (Å²) in [5.74, 6) is 0. The van der Waals surface area contributed by atoms with Crippen molar-refractivity contribution in [3.05, 3.63) is 49.0 Å². The minimum absolute atomic E-state index is 0.110. The van der Waals surface area contributed by atoms with E-state index in [-0.39, 0.29) is 5.57 Å². The van der Waals surface area contributed by atoms with Gasteiger partial charge in [0.1, 0.15) is 17.7 Å². The minimum Gasteiger partial charge on any atom is -0.192 e. The molecule has 0 bridgehead atoms. The molecule has 0 unspecified atom stereocenters. The Bertz CT molecular complexity index is 964. The Hall–Kier alpha value is -1.22. The molecule has 0 N–H and O–H groups in total. The second-order valence-electron chi connectivity index (χ2n) is 4.38. The Morgan fingerprint density at radius 3 is 2.00 bits per heavy atom. The van der Waals surface area contributed by atoms with E-state index in [2.05, 4.69) is 37.9 Å². The molecule has 0 aliphatic heterocycles. The molecule has 3 heterocycles. The van der Waals surface area contributed by atoms with E-state index in [0.29, 0.717) is 0 Å². The van der Waals surface area contributed by atoms with Gasteiger partial charge in [0.25, 0.3) is 0 Å². The second-order valence-corrected chi connectivity index (χ2v) is 10.4. The molecule has 23 heavy (non-hydrogen) atoms. The van der Waals surface area contributed by atoms with Crippen LogP contribution in [0.15, 0.2) is 43.5 Å². The third-order valence-electron chi connectivity index (χ3n) is 2.91. The van der Waals surface area contributed by atoms with Crippen LogP contribution >= 0.6 is 65.9 Å². The Balaban J connectivity index is 2.16. The highest BCUT2D eigenvalue weighted by atomic mass is 79.9. The fourth-order valence-electron chi connectivity index (χ4n) is 1.95. The normalized spacial score (nSPS) is 10.1. The average Bonchev–Trinajstić information content (AvgIpc) is 3.24. The van der Waals surface area contributed by atoms with Crippen LogP contribution in [0.4, 0.5) is 0 Å². The van der Waals surface area contributed by atoms with Gasteiger partial charge in [0.05, 0.1) is 12.4 Å². The Morgan fingerprint density at radius 1 is 0.870 bits per heavy atom. The molecule has 0 aromatic carbocycles. The number of nitriles is 2. The summed E-state index contributed by atoms with van der Waals surface area (Å²) in [5.41, 5.74) is 1.01. The monoisotopic (exact) mass is 480 g/mol. The van der Waals surface area contributed by atoms with Crippen LogP contribution in [0.25, 0.3) is 25.6 Å². The summed E-state index contributed by atoms with van der Waals surface area (Å²) in [6, 6.07) is 14.0. The predicted molar refractivity (Wildman–Crippen MR) is 106 cm³/mol. The van der Waals surface area contributed by atoms with Crippen molar-refractivity contribution >= 4 is 71.9 Å². The number of thiophene rings is 3. The zero-order valence-corrected chi connectivity index (χ0v) is 17.0. The summed E-state index contributed by atoms with van der Waals surface area (Å²) >= 11 is 11.9. The quantitative estimate of drug-likeness (QED) is 0.372. The van der Waals surface area contributed by atoms with E-state index in [1.807, 2.05) is 36.4 Å². The molecule has 0 saturated carbocycles. The van der Waals surface area contributed by atoms with Crippen LogP contribution in [0.5, 0.6) is 0 Å². The molecule has 0 aliphatic carbocycles. The molecule has 2 nitrogen and oxygen atoms in total. The van der Waals surface area contributed by atoms with Crippen molar-refractivity contribution in [1.29, 1.82) is 10.5 Å². The van der Waals surface area contributed by atoms with E-state index in [4.69, 9.17) is 10.5 Å². The summed E-state index contributed by atoms with van der Waals surface area (Å²) in [7, 11) is 0. The largest absolute Gasteiger partial charge is 0.192 e. The predicted octanol–water partition coefficient (Wildman–Crippen LogP) is 7.16. The van der Waals surface area contributed by atoms with Gasteiger partial charge >= 0.3 is 0 Å². The van der Waals surface area contributed by atoms with E-state index in [1.54, 1.807) is 40.1 Å². The van der Waals surface area contributed by atoms with Crippen molar-refractivity contribution in [2.24, 2.45) is 0 Å². The first-order valence-electron chi connectivity index (χ1n) is 6.28. The first-order chi connectivity index (χ1) is 11.1. The van der Waals surface area contributed by atoms with Gasteiger partial charge in [-0.15, -0.1) is 34.0 Å². The first kappa shape index (κ1) is 16.6. The number of hydrogen-bond donors (Lipinski definition) is 0. The van der Waals surface area contributed by atoms with Gasteiger partial charge in [0.15, 0.2) is 0 Å². The molecule has 0 spiro atoms. The molecule has 0 fully saturated rings. The van der Waals surface area contributed by atoms with Crippen LogP contribution < -0.4 is 0 Å². The third-order valence-corrected chi connectivity index (χ3v) is 7.69. The van der Waals surface area contributed by atoms with Crippen LogP contribution in [0, 0.1) is 22.7 Å². The molecule has 3 aromatic heterocycles. The van der Waals surface area contributed by atoms with Gasteiger partial charge in [-0.3, -0.25) is 0 Å². The lowest BCUT2D eigenvalue weighted by Crippen LogP contribution is -1.75. The molecule has 0 atom stereocenters. The molecular weight excluding hydrogens is 476 g/mol. The minimum atomic E-state index is 0.110. The summed E-state index contributed by atoms with van der Waals surface area (Å²) in [6.07, 6.45) is 1.66. The van der Waals surface area contributed by atoms with Crippen LogP contribution in [0.2, 0.25) is 0 Å². The van der Waals surface area contributed by atoms with Gasteiger partial charge < -0.3 is 0 Å². The van der Waals surface area contributed by atoms with E-state index >= 15 is 0 Å². The van der Waals surface area contributed by atoms with Crippen LogP contribution in [-0.2, 0) is 0 Å². The lowest BCUT2D eigenvalue weighted by atomic mass is 10.1. The van der Waals surface area contributed by atoms with Gasteiger partial charge in [-0.2, -0.15) is 10.5 Å². The number of allylic oxidation sites excluding steroid dienone is 1. The van der Waals surface area contributed by atoms with Crippen LogP contribution in [0.3, 0.4) is 0 Å². The van der Waals surface area contributed by atoms with Gasteiger partial charge in [-0.05, 0) is 73.8 Å². The van der Waals surface area contributed by atoms with Crippen molar-refractivity contribution in [2.45, 2.75) is 0 Å². The first-order valence-corrected chi connectivity index (χ1v) is 10.3. The smallest absolute Gasteiger partial charge is 0.130 e. The molecule has 0 amide bonds. The van der Waals surface area contributed by atoms with E-state index < -0.39 is 0 Å².